The van der Waals surface area contributed by atoms with Crippen LogP contribution in [0.4, 0.5) is 0 Å². The molecule has 0 saturated heterocycles. The van der Waals surface area contributed by atoms with E-state index in [0.29, 0.717) is 5.92 Å². The maximum Gasteiger partial charge on any atom is 0.123 e. The number of aldehydes is 1. The first-order valence-corrected chi connectivity index (χ1v) is 11.1. The van der Waals surface area contributed by atoms with Crippen molar-refractivity contribution in [2.24, 2.45) is 29.6 Å². The molecular weight excluding hydrogens is 292 g/mol. The monoisotopic (exact) mass is 334 g/mol. The molecule has 0 amide bonds. The Balaban J connectivity index is 1.39. The lowest BCUT2D eigenvalue weighted by Crippen LogP contribution is -2.21. The van der Waals surface area contributed by atoms with E-state index in [9.17, 15) is 4.79 Å². The van der Waals surface area contributed by atoms with Crippen LogP contribution in [0.25, 0.3) is 0 Å². The molecule has 3 atom stereocenters. The molecule has 2 aliphatic rings. The van der Waals surface area contributed by atoms with Crippen molar-refractivity contribution in [3.63, 3.8) is 0 Å². The molecule has 0 radical (unpaired) electrons. The Bertz CT molecular complexity index is 329. The van der Waals surface area contributed by atoms with Crippen LogP contribution < -0.4 is 0 Å². The minimum absolute atomic E-state index is 0.386. The second-order valence-corrected chi connectivity index (χ2v) is 9.27. The zero-order valence-corrected chi connectivity index (χ0v) is 16.5. The number of carbonyl (C=O) groups excluding carboxylic acids is 1. The van der Waals surface area contributed by atoms with Crippen LogP contribution in [0.15, 0.2) is 0 Å². The van der Waals surface area contributed by atoms with Crippen LogP contribution in [0.1, 0.15) is 110 Å². The summed E-state index contributed by atoms with van der Waals surface area (Å²) in [6.45, 7) is 4.92. The SMILES string of the molecule is CC1CCC(CCCCCCCCC2CCC(C=O)CC2)C(C)C1. The van der Waals surface area contributed by atoms with Gasteiger partial charge in [-0.05, 0) is 62.2 Å². The topological polar surface area (TPSA) is 17.1 Å². The van der Waals surface area contributed by atoms with E-state index in [4.69, 9.17) is 0 Å². The van der Waals surface area contributed by atoms with Crippen molar-refractivity contribution < 1.29 is 4.79 Å². The molecule has 140 valence electrons. The summed E-state index contributed by atoms with van der Waals surface area (Å²) in [4.78, 5) is 10.8. The van der Waals surface area contributed by atoms with Gasteiger partial charge in [0, 0.05) is 5.92 Å². The average Bonchev–Trinajstić information content (AvgIpc) is 2.59. The summed E-state index contributed by atoms with van der Waals surface area (Å²) in [6.07, 6.45) is 22.2. The number of unbranched alkanes of at least 4 members (excludes halogenated alkanes) is 5. The Morgan fingerprint density at radius 2 is 1.38 bits per heavy atom. The third-order valence-electron chi connectivity index (χ3n) is 7.13. The zero-order valence-electron chi connectivity index (χ0n) is 16.5. The molecule has 24 heavy (non-hydrogen) atoms. The molecule has 0 heterocycles. The first-order valence-electron chi connectivity index (χ1n) is 11.1. The highest BCUT2D eigenvalue weighted by Gasteiger charge is 2.24. The molecule has 1 heteroatoms. The van der Waals surface area contributed by atoms with Crippen LogP contribution in [0, 0.1) is 29.6 Å². The van der Waals surface area contributed by atoms with Gasteiger partial charge in [0.1, 0.15) is 6.29 Å². The van der Waals surface area contributed by atoms with Gasteiger partial charge in [-0.1, -0.05) is 71.6 Å². The Morgan fingerprint density at radius 1 is 0.750 bits per heavy atom. The van der Waals surface area contributed by atoms with Crippen LogP contribution in [0.3, 0.4) is 0 Å². The van der Waals surface area contributed by atoms with Crippen LogP contribution >= 0.6 is 0 Å². The third-order valence-corrected chi connectivity index (χ3v) is 7.13. The summed E-state index contributed by atoms with van der Waals surface area (Å²) in [5.74, 6) is 4.29. The molecule has 0 aliphatic heterocycles. The zero-order chi connectivity index (χ0) is 17.2. The van der Waals surface area contributed by atoms with Crippen molar-refractivity contribution in [3.05, 3.63) is 0 Å². The summed E-state index contributed by atoms with van der Waals surface area (Å²) in [6, 6.07) is 0. The molecule has 2 fully saturated rings. The molecule has 0 aromatic heterocycles. The number of rotatable bonds is 10. The fraction of sp³-hybridized carbons (Fsp3) is 0.957. The highest BCUT2D eigenvalue weighted by molar-refractivity contribution is 5.53. The van der Waals surface area contributed by atoms with E-state index in [-0.39, 0.29) is 0 Å². The van der Waals surface area contributed by atoms with E-state index >= 15 is 0 Å². The van der Waals surface area contributed by atoms with Crippen molar-refractivity contribution in [2.45, 2.75) is 110 Å². The summed E-state index contributed by atoms with van der Waals surface area (Å²) >= 11 is 0. The maximum absolute atomic E-state index is 10.8. The van der Waals surface area contributed by atoms with E-state index < -0.39 is 0 Å². The molecule has 2 aliphatic carbocycles. The summed E-state index contributed by atoms with van der Waals surface area (Å²) < 4.78 is 0. The molecule has 1 nitrogen and oxygen atoms in total. The molecule has 3 unspecified atom stereocenters. The first-order chi connectivity index (χ1) is 11.7. The molecule has 0 bridgehead atoms. The van der Waals surface area contributed by atoms with Crippen LogP contribution in [-0.4, -0.2) is 6.29 Å². The molecular formula is C23H42O. The van der Waals surface area contributed by atoms with Crippen molar-refractivity contribution in [1.82, 2.24) is 0 Å². The normalized spacial score (nSPS) is 34.2. The Labute approximate surface area is 151 Å². The van der Waals surface area contributed by atoms with Gasteiger partial charge in [0.05, 0.1) is 0 Å². The largest absolute Gasteiger partial charge is 0.303 e. The molecule has 0 N–H and O–H groups in total. The number of hydrogen-bond acceptors (Lipinski definition) is 1. The predicted octanol–water partition coefficient (Wildman–Crippen LogP) is 7.18. The van der Waals surface area contributed by atoms with Gasteiger partial charge in [-0.2, -0.15) is 0 Å². The number of carbonyl (C=O) groups is 1. The summed E-state index contributed by atoms with van der Waals surface area (Å²) in [5, 5.41) is 0. The quantitative estimate of drug-likeness (QED) is 0.305. The fourth-order valence-corrected chi connectivity index (χ4v) is 5.32. The predicted molar refractivity (Wildman–Crippen MR) is 104 cm³/mol. The molecule has 2 saturated carbocycles. The van der Waals surface area contributed by atoms with Gasteiger partial charge < -0.3 is 4.79 Å². The standard InChI is InChI=1S/C23H42O/c1-19-11-16-23(20(2)17-19)10-8-6-4-3-5-7-9-21-12-14-22(18-24)15-13-21/h18-23H,3-17H2,1-2H3. The van der Waals surface area contributed by atoms with E-state index in [1.54, 1.807) is 0 Å². The maximum atomic E-state index is 10.8. The third kappa shape index (κ3) is 7.28. The molecule has 0 aromatic rings. The first kappa shape index (κ1) is 20.0. The smallest absolute Gasteiger partial charge is 0.123 e. The van der Waals surface area contributed by atoms with Crippen molar-refractivity contribution in [2.75, 3.05) is 0 Å². The van der Waals surface area contributed by atoms with Gasteiger partial charge in [-0.3, -0.25) is 0 Å². The van der Waals surface area contributed by atoms with Crippen molar-refractivity contribution >= 4 is 6.29 Å². The molecule has 0 spiro atoms. The van der Waals surface area contributed by atoms with E-state index in [0.717, 1.165) is 36.5 Å². The molecule has 0 aromatic carbocycles. The van der Waals surface area contributed by atoms with Crippen LogP contribution in [0.2, 0.25) is 0 Å². The van der Waals surface area contributed by atoms with Crippen LogP contribution in [0.5, 0.6) is 0 Å². The Kier molecular flexibility index (Phi) is 9.43. The van der Waals surface area contributed by atoms with Gasteiger partial charge in [0.2, 0.25) is 0 Å². The Morgan fingerprint density at radius 3 is 2.00 bits per heavy atom. The lowest BCUT2D eigenvalue weighted by Gasteiger charge is -2.32. The lowest BCUT2D eigenvalue weighted by atomic mass is 9.73. The molecule has 2 rings (SSSR count). The summed E-state index contributed by atoms with van der Waals surface area (Å²) in [5.41, 5.74) is 0. The van der Waals surface area contributed by atoms with Gasteiger partial charge in [-0.25, -0.2) is 0 Å². The van der Waals surface area contributed by atoms with E-state index in [1.165, 1.54) is 89.8 Å². The average molecular weight is 335 g/mol. The fourth-order valence-electron chi connectivity index (χ4n) is 5.32. The highest BCUT2D eigenvalue weighted by Crippen LogP contribution is 2.36. The van der Waals surface area contributed by atoms with Crippen LogP contribution in [-0.2, 0) is 4.79 Å². The Hall–Kier alpha value is -0.330. The highest BCUT2D eigenvalue weighted by atomic mass is 16.1. The van der Waals surface area contributed by atoms with Crippen molar-refractivity contribution in [3.8, 4) is 0 Å². The van der Waals surface area contributed by atoms with Gasteiger partial charge in [-0.15, -0.1) is 0 Å². The minimum Gasteiger partial charge on any atom is -0.303 e. The van der Waals surface area contributed by atoms with Crippen molar-refractivity contribution in [1.29, 1.82) is 0 Å². The van der Waals surface area contributed by atoms with E-state index in [2.05, 4.69) is 13.8 Å². The second-order valence-electron chi connectivity index (χ2n) is 9.27. The number of hydrogen-bond donors (Lipinski definition) is 0. The lowest BCUT2D eigenvalue weighted by molar-refractivity contribution is -0.112. The van der Waals surface area contributed by atoms with E-state index in [1.807, 2.05) is 0 Å². The minimum atomic E-state index is 0.386. The van der Waals surface area contributed by atoms with Gasteiger partial charge in [0.25, 0.3) is 0 Å². The van der Waals surface area contributed by atoms with Gasteiger partial charge in [0.15, 0.2) is 0 Å². The van der Waals surface area contributed by atoms with Gasteiger partial charge >= 0.3 is 0 Å². The second kappa shape index (κ2) is 11.3. The summed E-state index contributed by atoms with van der Waals surface area (Å²) in [7, 11) is 0.